The van der Waals surface area contributed by atoms with Crippen LogP contribution in [0.4, 0.5) is 5.82 Å². The van der Waals surface area contributed by atoms with Crippen LogP contribution in [0.2, 0.25) is 0 Å². The average Bonchev–Trinajstić information content (AvgIpc) is 3.47. The Kier molecular flexibility index (Phi) is 4.72. The molecule has 1 saturated heterocycles. The number of nitrogens with zero attached hydrogens (tertiary/aromatic N) is 6. The number of hydrogen-bond donors (Lipinski definition) is 0. The largest absolute Gasteiger partial charge is 0.354 e. The fourth-order valence-electron chi connectivity index (χ4n) is 4.83. The van der Waals surface area contributed by atoms with E-state index in [2.05, 4.69) is 24.9 Å². The van der Waals surface area contributed by atoms with Crippen molar-refractivity contribution in [3.05, 3.63) is 35.6 Å². The standard InChI is InChI=1S/C20H26N6O2/c27-20(18-5-7-23-28-18)26-8-6-16-17(13-26)21-14-22-19(16)25-11-9-24(10-12-25)15-3-1-2-4-15/h5,7,14-15H,1-4,6,8-13H2. The molecule has 0 unspecified atom stereocenters. The maximum absolute atomic E-state index is 12.6. The molecule has 148 valence electrons. The molecule has 1 aliphatic carbocycles. The lowest BCUT2D eigenvalue weighted by Gasteiger charge is -2.40. The van der Waals surface area contributed by atoms with E-state index < -0.39 is 0 Å². The van der Waals surface area contributed by atoms with Gasteiger partial charge in [-0.25, -0.2) is 9.97 Å². The van der Waals surface area contributed by atoms with Crippen LogP contribution in [-0.4, -0.2) is 69.6 Å². The molecule has 0 radical (unpaired) electrons. The third-order valence-electron chi connectivity index (χ3n) is 6.37. The van der Waals surface area contributed by atoms with Crippen LogP contribution >= 0.6 is 0 Å². The minimum atomic E-state index is -0.131. The number of hydrogen-bond acceptors (Lipinski definition) is 7. The molecule has 4 heterocycles. The summed E-state index contributed by atoms with van der Waals surface area (Å²) in [4.78, 5) is 28.5. The maximum Gasteiger partial charge on any atom is 0.292 e. The summed E-state index contributed by atoms with van der Waals surface area (Å²) in [6.07, 6.45) is 9.39. The summed E-state index contributed by atoms with van der Waals surface area (Å²) >= 11 is 0. The van der Waals surface area contributed by atoms with E-state index in [1.165, 1.54) is 37.4 Å². The normalized spacial score (nSPS) is 21.1. The van der Waals surface area contributed by atoms with Crippen LogP contribution in [0.1, 0.15) is 47.5 Å². The van der Waals surface area contributed by atoms with Crippen molar-refractivity contribution < 1.29 is 9.32 Å². The molecule has 5 rings (SSSR count). The zero-order valence-corrected chi connectivity index (χ0v) is 16.1. The predicted octanol–water partition coefficient (Wildman–Crippen LogP) is 1.73. The molecule has 8 heteroatoms. The molecule has 0 atom stereocenters. The topological polar surface area (TPSA) is 78.6 Å². The van der Waals surface area contributed by atoms with E-state index in [0.717, 1.165) is 50.2 Å². The molecule has 3 aliphatic rings. The van der Waals surface area contributed by atoms with E-state index >= 15 is 0 Å². The van der Waals surface area contributed by atoms with E-state index in [-0.39, 0.29) is 11.7 Å². The van der Waals surface area contributed by atoms with Gasteiger partial charge in [-0.1, -0.05) is 18.0 Å². The van der Waals surface area contributed by atoms with Crippen molar-refractivity contribution in [2.45, 2.75) is 44.7 Å². The number of rotatable bonds is 3. The van der Waals surface area contributed by atoms with Crippen molar-refractivity contribution in [3.8, 4) is 0 Å². The molecule has 1 amide bonds. The summed E-state index contributed by atoms with van der Waals surface area (Å²) in [6, 6.07) is 2.39. The monoisotopic (exact) mass is 382 g/mol. The first-order chi connectivity index (χ1) is 13.8. The smallest absolute Gasteiger partial charge is 0.292 e. The Bertz CT molecular complexity index is 825. The van der Waals surface area contributed by atoms with Gasteiger partial charge in [-0.15, -0.1) is 0 Å². The summed E-state index contributed by atoms with van der Waals surface area (Å²) in [5, 5.41) is 3.63. The fourth-order valence-corrected chi connectivity index (χ4v) is 4.83. The van der Waals surface area contributed by atoms with Crippen molar-refractivity contribution >= 4 is 11.7 Å². The zero-order valence-electron chi connectivity index (χ0n) is 16.1. The second kappa shape index (κ2) is 7.50. The number of carbonyl (C=O) groups excluding carboxylic acids is 1. The van der Waals surface area contributed by atoms with Gasteiger partial charge in [0.05, 0.1) is 18.4 Å². The summed E-state index contributed by atoms with van der Waals surface area (Å²) in [5.74, 6) is 1.21. The minimum Gasteiger partial charge on any atom is -0.354 e. The van der Waals surface area contributed by atoms with E-state index in [9.17, 15) is 4.79 Å². The number of amides is 1. The molecule has 8 nitrogen and oxygen atoms in total. The van der Waals surface area contributed by atoms with Crippen molar-refractivity contribution in [1.82, 2.24) is 24.9 Å². The van der Waals surface area contributed by atoms with Crippen molar-refractivity contribution in [3.63, 3.8) is 0 Å². The van der Waals surface area contributed by atoms with Crippen LogP contribution < -0.4 is 4.90 Å². The van der Waals surface area contributed by atoms with Crippen LogP contribution in [-0.2, 0) is 13.0 Å². The molecule has 2 fully saturated rings. The first kappa shape index (κ1) is 17.6. The van der Waals surface area contributed by atoms with Gasteiger partial charge in [-0.3, -0.25) is 9.69 Å². The first-order valence-electron chi connectivity index (χ1n) is 10.3. The zero-order chi connectivity index (χ0) is 18.9. The highest BCUT2D eigenvalue weighted by Gasteiger charge is 2.30. The predicted molar refractivity (Wildman–Crippen MR) is 103 cm³/mol. The molecule has 0 aromatic carbocycles. The number of piperazine rings is 1. The Morgan fingerprint density at radius 2 is 1.89 bits per heavy atom. The van der Waals surface area contributed by atoms with E-state index in [0.29, 0.717) is 13.1 Å². The Morgan fingerprint density at radius 1 is 1.07 bits per heavy atom. The molecular weight excluding hydrogens is 356 g/mol. The van der Waals surface area contributed by atoms with Gasteiger partial charge in [-0.05, 0) is 19.3 Å². The van der Waals surface area contributed by atoms with E-state index in [1.807, 2.05) is 0 Å². The van der Waals surface area contributed by atoms with Gasteiger partial charge in [0.2, 0.25) is 5.76 Å². The first-order valence-corrected chi connectivity index (χ1v) is 10.3. The van der Waals surface area contributed by atoms with Crippen LogP contribution in [0.3, 0.4) is 0 Å². The average molecular weight is 382 g/mol. The number of carbonyl (C=O) groups is 1. The number of fused-ring (bicyclic) bond motifs is 1. The summed E-state index contributed by atoms with van der Waals surface area (Å²) in [6.45, 7) is 5.39. The third kappa shape index (κ3) is 3.26. The highest BCUT2D eigenvalue weighted by Crippen LogP contribution is 2.29. The Balaban J connectivity index is 1.28. The lowest BCUT2D eigenvalue weighted by atomic mass is 10.0. The number of aromatic nitrogens is 3. The lowest BCUT2D eigenvalue weighted by Crippen LogP contribution is -2.50. The maximum atomic E-state index is 12.6. The molecule has 2 aromatic rings. The third-order valence-corrected chi connectivity index (χ3v) is 6.37. The molecule has 2 aromatic heterocycles. The molecule has 28 heavy (non-hydrogen) atoms. The van der Waals surface area contributed by atoms with Crippen LogP contribution in [0, 0.1) is 0 Å². The van der Waals surface area contributed by atoms with Crippen molar-refractivity contribution in [1.29, 1.82) is 0 Å². The molecule has 1 saturated carbocycles. The van der Waals surface area contributed by atoms with E-state index in [1.54, 1.807) is 17.3 Å². The highest BCUT2D eigenvalue weighted by molar-refractivity contribution is 5.91. The van der Waals surface area contributed by atoms with Gasteiger partial charge >= 0.3 is 0 Å². The second-order valence-electron chi connectivity index (χ2n) is 7.94. The molecule has 0 spiro atoms. The van der Waals surface area contributed by atoms with Gasteiger partial charge in [-0.2, -0.15) is 0 Å². The summed E-state index contributed by atoms with van der Waals surface area (Å²) in [7, 11) is 0. The van der Waals surface area contributed by atoms with E-state index in [4.69, 9.17) is 4.52 Å². The van der Waals surface area contributed by atoms with Crippen LogP contribution in [0.25, 0.3) is 0 Å². The molecule has 0 N–H and O–H groups in total. The van der Waals surface area contributed by atoms with Crippen molar-refractivity contribution in [2.75, 3.05) is 37.6 Å². The Hall–Kier alpha value is -2.48. The van der Waals surface area contributed by atoms with Gasteiger partial charge in [0.25, 0.3) is 5.91 Å². The molecule has 0 bridgehead atoms. The minimum absolute atomic E-state index is 0.131. The Labute approximate surface area is 164 Å². The molecule has 2 aliphatic heterocycles. The van der Waals surface area contributed by atoms with Crippen LogP contribution in [0.15, 0.2) is 23.1 Å². The highest BCUT2D eigenvalue weighted by atomic mass is 16.5. The van der Waals surface area contributed by atoms with Gasteiger partial charge < -0.3 is 14.3 Å². The fraction of sp³-hybridized carbons (Fsp3) is 0.600. The lowest BCUT2D eigenvalue weighted by molar-refractivity contribution is 0.0689. The quantitative estimate of drug-likeness (QED) is 0.800. The van der Waals surface area contributed by atoms with Gasteiger partial charge in [0.1, 0.15) is 12.1 Å². The number of anilines is 1. The molecular formula is C20H26N6O2. The van der Waals surface area contributed by atoms with Crippen molar-refractivity contribution in [2.24, 2.45) is 0 Å². The summed E-state index contributed by atoms with van der Waals surface area (Å²) < 4.78 is 5.02. The summed E-state index contributed by atoms with van der Waals surface area (Å²) in [5.41, 5.74) is 2.14. The SMILES string of the molecule is O=C(c1ccno1)N1CCc2c(ncnc2N2CCN(C3CCCC3)CC2)C1. The Morgan fingerprint density at radius 3 is 2.64 bits per heavy atom. The van der Waals surface area contributed by atoms with Gasteiger partial charge in [0.15, 0.2) is 0 Å². The second-order valence-corrected chi connectivity index (χ2v) is 7.94. The van der Waals surface area contributed by atoms with Gasteiger partial charge in [0, 0.05) is 50.4 Å². The van der Waals surface area contributed by atoms with Crippen LogP contribution in [0.5, 0.6) is 0 Å².